The summed E-state index contributed by atoms with van der Waals surface area (Å²) in [7, 11) is 1.55. The fourth-order valence-electron chi connectivity index (χ4n) is 1.84. The zero-order chi connectivity index (χ0) is 14.9. The molecule has 1 N–H and O–H groups in total. The van der Waals surface area contributed by atoms with Crippen molar-refractivity contribution in [1.29, 1.82) is 0 Å². The van der Waals surface area contributed by atoms with E-state index in [0.29, 0.717) is 6.54 Å². The van der Waals surface area contributed by atoms with Crippen LogP contribution >= 0.6 is 23.1 Å². The van der Waals surface area contributed by atoms with E-state index in [1.54, 1.807) is 36.4 Å². The first-order valence-corrected chi connectivity index (χ1v) is 8.55. The van der Waals surface area contributed by atoms with E-state index >= 15 is 0 Å². The van der Waals surface area contributed by atoms with E-state index in [-0.39, 0.29) is 5.91 Å². The molecule has 0 aliphatic heterocycles. The molecular weight excluding hydrogens is 304 g/mol. The standard InChI is InChI=1S/C15H18N2O2S2/c1-19-13(12-6-3-2-4-7-12)14(18)16-8-5-10-20-15-17-9-11-21-15/h2-4,6-7,9,11,13H,5,8,10H2,1H3,(H,16,18)/t13-/m0/s1. The zero-order valence-corrected chi connectivity index (χ0v) is 13.5. The van der Waals surface area contributed by atoms with Crippen LogP contribution in [0.4, 0.5) is 0 Å². The molecule has 6 heteroatoms. The first-order chi connectivity index (χ1) is 10.3. The Bertz CT molecular complexity index is 532. The number of hydrogen-bond donors (Lipinski definition) is 1. The van der Waals surface area contributed by atoms with Gasteiger partial charge in [0.15, 0.2) is 6.10 Å². The van der Waals surface area contributed by atoms with Crippen LogP contribution in [0.15, 0.2) is 46.2 Å². The van der Waals surface area contributed by atoms with Crippen molar-refractivity contribution in [2.45, 2.75) is 16.9 Å². The van der Waals surface area contributed by atoms with Crippen LogP contribution in [0, 0.1) is 0 Å². The molecule has 4 nitrogen and oxygen atoms in total. The predicted molar refractivity (Wildman–Crippen MR) is 86.7 cm³/mol. The largest absolute Gasteiger partial charge is 0.367 e. The molecule has 0 saturated carbocycles. The fraction of sp³-hybridized carbons (Fsp3) is 0.333. The first-order valence-electron chi connectivity index (χ1n) is 6.69. The number of thiazole rings is 1. The Labute approximate surface area is 132 Å². The van der Waals surface area contributed by atoms with Gasteiger partial charge in [0, 0.05) is 31.0 Å². The smallest absolute Gasteiger partial charge is 0.253 e. The average Bonchev–Trinajstić information content (AvgIpc) is 3.02. The van der Waals surface area contributed by atoms with Gasteiger partial charge in [-0.1, -0.05) is 42.1 Å². The van der Waals surface area contributed by atoms with Crippen molar-refractivity contribution in [3.05, 3.63) is 47.5 Å². The molecule has 0 saturated heterocycles. The number of carbonyl (C=O) groups is 1. The van der Waals surface area contributed by atoms with Gasteiger partial charge in [-0.2, -0.15) is 0 Å². The van der Waals surface area contributed by atoms with Crippen molar-refractivity contribution >= 4 is 29.0 Å². The Morgan fingerprint density at radius 2 is 2.24 bits per heavy atom. The molecule has 0 bridgehead atoms. The second kappa shape index (κ2) is 8.81. The molecule has 0 fully saturated rings. The van der Waals surface area contributed by atoms with Crippen molar-refractivity contribution in [3.8, 4) is 0 Å². The first kappa shape index (κ1) is 16.0. The minimum Gasteiger partial charge on any atom is -0.367 e. The number of amides is 1. The van der Waals surface area contributed by atoms with E-state index in [1.807, 2.05) is 35.7 Å². The van der Waals surface area contributed by atoms with Gasteiger partial charge in [0.05, 0.1) is 0 Å². The summed E-state index contributed by atoms with van der Waals surface area (Å²) in [5, 5.41) is 4.88. The van der Waals surface area contributed by atoms with Gasteiger partial charge in [-0.05, 0) is 12.0 Å². The molecule has 2 rings (SSSR count). The third-order valence-corrected chi connectivity index (χ3v) is 4.88. The lowest BCUT2D eigenvalue weighted by Crippen LogP contribution is -2.31. The van der Waals surface area contributed by atoms with Gasteiger partial charge in [-0.15, -0.1) is 11.3 Å². The molecule has 1 heterocycles. The Kier molecular flexibility index (Phi) is 6.72. The van der Waals surface area contributed by atoms with Crippen molar-refractivity contribution in [3.63, 3.8) is 0 Å². The number of nitrogens with one attached hydrogen (secondary N) is 1. The van der Waals surface area contributed by atoms with E-state index in [1.165, 1.54) is 0 Å². The lowest BCUT2D eigenvalue weighted by atomic mass is 10.1. The van der Waals surface area contributed by atoms with Gasteiger partial charge in [-0.25, -0.2) is 4.98 Å². The maximum atomic E-state index is 12.1. The summed E-state index contributed by atoms with van der Waals surface area (Å²) in [6.45, 7) is 0.643. The molecule has 1 aromatic heterocycles. The summed E-state index contributed by atoms with van der Waals surface area (Å²) >= 11 is 3.35. The number of aromatic nitrogens is 1. The van der Waals surface area contributed by atoms with E-state index in [2.05, 4.69) is 10.3 Å². The van der Waals surface area contributed by atoms with Crippen LogP contribution in [0.25, 0.3) is 0 Å². The number of rotatable bonds is 8. The number of ether oxygens (including phenoxy) is 1. The third-order valence-electron chi connectivity index (χ3n) is 2.83. The lowest BCUT2D eigenvalue weighted by Gasteiger charge is -2.15. The van der Waals surface area contributed by atoms with Gasteiger partial charge in [0.2, 0.25) is 0 Å². The molecule has 1 atom stereocenters. The molecule has 1 aromatic carbocycles. The van der Waals surface area contributed by atoms with Crippen molar-refractivity contribution in [2.75, 3.05) is 19.4 Å². The van der Waals surface area contributed by atoms with Gasteiger partial charge < -0.3 is 10.1 Å². The molecule has 21 heavy (non-hydrogen) atoms. The quantitative estimate of drug-likeness (QED) is 0.599. The highest BCUT2D eigenvalue weighted by Gasteiger charge is 2.18. The maximum absolute atomic E-state index is 12.1. The molecular formula is C15H18N2O2S2. The van der Waals surface area contributed by atoms with Crippen LogP contribution in [0.3, 0.4) is 0 Å². The molecule has 0 unspecified atom stereocenters. The maximum Gasteiger partial charge on any atom is 0.253 e. The highest BCUT2D eigenvalue weighted by molar-refractivity contribution is 8.00. The van der Waals surface area contributed by atoms with Gasteiger partial charge in [-0.3, -0.25) is 4.79 Å². The number of thioether (sulfide) groups is 1. The van der Waals surface area contributed by atoms with Crippen molar-refractivity contribution < 1.29 is 9.53 Å². The number of carbonyl (C=O) groups excluding carboxylic acids is 1. The molecule has 1 amide bonds. The Hall–Kier alpha value is -1.37. The fourth-order valence-corrected chi connectivity index (χ4v) is 3.49. The minimum absolute atomic E-state index is 0.0945. The molecule has 112 valence electrons. The highest BCUT2D eigenvalue weighted by atomic mass is 32.2. The summed E-state index contributed by atoms with van der Waals surface area (Å²) < 4.78 is 6.36. The van der Waals surface area contributed by atoms with Gasteiger partial charge in [0.1, 0.15) is 4.34 Å². The topological polar surface area (TPSA) is 51.2 Å². The van der Waals surface area contributed by atoms with Gasteiger partial charge in [0.25, 0.3) is 5.91 Å². The van der Waals surface area contributed by atoms with Crippen LogP contribution in [-0.4, -0.2) is 30.3 Å². The van der Waals surface area contributed by atoms with Crippen LogP contribution in [0.2, 0.25) is 0 Å². The monoisotopic (exact) mass is 322 g/mol. The summed E-state index contributed by atoms with van der Waals surface area (Å²) in [5.74, 6) is 0.847. The van der Waals surface area contributed by atoms with E-state index in [9.17, 15) is 4.79 Å². The third kappa shape index (κ3) is 5.15. The van der Waals surface area contributed by atoms with Crippen LogP contribution in [-0.2, 0) is 9.53 Å². The summed E-state index contributed by atoms with van der Waals surface area (Å²) in [6.07, 6.45) is 2.16. The average molecular weight is 322 g/mol. The lowest BCUT2D eigenvalue weighted by molar-refractivity contribution is -0.131. The number of methoxy groups -OCH3 is 1. The predicted octanol–water partition coefficient (Wildman–Crippen LogP) is 3.13. The molecule has 0 radical (unpaired) electrons. The summed E-state index contributed by atoms with van der Waals surface area (Å²) in [4.78, 5) is 16.3. The molecule has 0 aliphatic carbocycles. The summed E-state index contributed by atoms with van der Waals surface area (Å²) in [6, 6.07) is 9.51. The molecule has 2 aromatic rings. The van der Waals surface area contributed by atoms with E-state index in [4.69, 9.17) is 4.74 Å². The minimum atomic E-state index is -0.544. The second-order valence-corrected chi connectivity index (χ2v) is 6.55. The number of benzene rings is 1. The van der Waals surface area contributed by atoms with E-state index in [0.717, 1.165) is 22.1 Å². The van der Waals surface area contributed by atoms with Crippen molar-refractivity contribution in [1.82, 2.24) is 10.3 Å². The zero-order valence-electron chi connectivity index (χ0n) is 11.8. The highest BCUT2D eigenvalue weighted by Crippen LogP contribution is 2.20. The molecule has 0 aliphatic rings. The number of nitrogens with zero attached hydrogens (tertiary/aromatic N) is 1. The SMILES string of the molecule is CO[C@H](C(=O)NCCCSc1nccs1)c1ccccc1. The Balaban J connectivity index is 1.70. The van der Waals surface area contributed by atoms with Gasteiger partial charge >= 0.3 is 0 Å². The summed E-state index contributed by atoms with van der Waals surface area (Å²) in [5.41, 5.74) is 0.870. The van der Waals surface area contributed by atoms with Crippen LogP contribution in [0.5, 0.6) is 0 Å². The Morgan fingerprint density at radius 3 is 2.90 bits per heavy atom. The van der Waals surface area contributed by atoms with Crippen LogP contribution in [0.1, 0.15) is 18.1 Å². The number of hydrogen-bond acceptors (Lipinski definition) is 5. The van der Waals surface area contributed by atoms with Crippen LogP contribution < -0.4 is 5.32 Å². The molecule has 0 spiro atoms. The van der Waals surface area contributed by atoms with Crippen molar-refractivity contribution in [2.24, 2.45) is 0 Å². The normalized spacial score (nSPS) is 12.0. The Morgan fingerprint density at radius 1 is 1.43 bits per heavy atom. The second-order valence-electron chi connectivity index (χ2n) is 4.32. The van der Waals surface area contributed by atoms with E-state index < -0.39 is 6.10 Å².